The number of unbranched alkanes of at least 4 members (excludes halogenated alkanes) is 4. The minimum atomic E-state index is -4.56. The molecule has 0 aliphatic carbocycles. The van der Waals surface area contributed by atoms with Crippen LogP contribution in [0.5, 0.6) is 0 Å². The number of hydrogen-bond donors (Lipinski definition) is 3. The Morgan fingerprint density at radius 1 is 0.892 bits per heavy atom. The van der Waals surface area contributed by atoms with Crippen molar-refractivity contribution in [1.82, 2.24) is 0 Å². The van der Waals surface area contributed by atoms with E-state index < -0.39 is 33.2 Å². The van der Waals surface area contributed by atoms with Crippen LogP contribution in [0.3, 0.4) is 0 Å². The van der Waals surface area contributed by atoms with E-state index in [1.165, 1.54) is 25.7 Å². The lowest BCUT2D eigenvalue weighted by Crippen LogP contribution is -2.45. The zero-order chi connectivity index (χ0) is 28.0. The zero-order valence-corrected chi connectivity index (χ0v) is 24.2. The number of aliphatic hydroxyl groups is 2. The van der Waals surface area contributed by atoms with Gasteiger partial charge in [0.25, 0.3) is 0 Å². The number of aliphatic hydroxyl groups excluding tert-OH is 2. The maximum absolute atomic E-state index is 12.7. The number of quaternary nitrogens is 1. The lowest BCUT2D eigenvalue weighted by molar-refractivity contribution is -0.872. The van der Waals surface area contributed by atoms with Gasteiger partial charge in [-0.05, 0) is 44.9 Å². The summed E-state index contributed by atoms with van der Waals surface area (Å²) >= 11 is 0. The van der Waals surface area contributed by atoms with Crippen molar-refractivity contribution >= 4 is 13.6 Å². The maximum Gasteiger partial charge on any atom is 0.473 e. The second kappa shape index (κ2) is 21.5. The number of phosphoric acid groups is 1. The minimum absolute atomic E-state index is 0.194. The van der Waals surface area contributed by atoms with Crippen LogP contribution in [0.25, 0.3) is 0 Å². The largest absolute Gasteiger partial charge is 0.473 e. The molecule has 9 heteroatoms. The third-order valence-corrected chi connectivity index (χ3v) is 6.22. The first-order valence-electron chi connectivity index (χ1n) is 13.4. The lowest BCUT2D eigenvalue weighted by atomic mass is 10.2. The number of ketones is 1. The van der Waals surface area contributed by atoms with Gasteiger partial charge in [0, 0.05) is 6.42 Å². The van der Waals surface area contributed by atoms with Gasteiger partial charge < -0.3 is 19.6 Å². The summed E-state index contributed by atoms with van der Waals surface area (Å²) in [6.07, 6.45) is 24.0. The van der Waals surface area contributed by atoms with Crippen LogP contribution in [0.1, 0.15) is 71.1 Å². The highest BCUT2D eigenvalue weighted by molar-refractivity contribution is 7.47. The van der Waals surface area contributed by atoms with Crippen LogP contribution in [-0.4, -0.2) is 78.5 Å². The van der Waals surface area contributed by atoms with Crippen molar-refractivity contribution in [1.29, 1.82) is 0 Å². The molecule has 3 atom stereocenters. The molecule has 0 aromatic carbocycles. The first-order chi connectivity index (χ1) is 17.5. The summed E-state index contributed by atoms with van der Waals surface area (Å²) in [5.74, 6) is -0.274. The molecule has 0 aliphatic rings. The minimum Gasteiger partial charge on any atom is -0.394 e. The molecule has 0 amide bonds. The van der Waals surface area contributed by atoms with Gasteiger partial charge in [0.05, 0.1) is 34.4 Å². The summed E-state index contributed by atoms with van der Waals surface area (Å²) < 4.78 is 22.4. The van der Waals surface area contributed by atoms with E-state index >= 15 is 0 Å². The predicted octanol–water partition coefficient (Wildman–Crippen LogP) is 5.26. The van der Waals surface area contributed by atoms with Crippen molar-refractivity contribution in [2.24, 2.45) is 0 Å². The molecule has 3 N–H and O–H groups in total. The summed E-state index contributed by atoms with van der Waals surface area (Å²) in [4.78, 5) is 22.6. The van der Waals surface area contributed by atoms with Gasteiger partial charge in [-0.25, -0.2) is 4.57 Å². The molecule has 0 heterocycles. The fourth-order valence-electron chi connectivity index (χ4n) is 3.23. The van der Waals surface area contributed by atoms with E-state index in [4.69, 9.17) is 14.2 Å². The number of carbonyl (C=O) groups is 1. The van der Waals surface area contributed by atoms with Crippen molar-refractivity contribution in [3.05, 3.63) is 48.6 Å². The van der Waals surface area contributed by atoms with Crippen molar-refractivity contribution in [2.45, 2.75) is 83.3 Å². The Balaban J connectivity index is 4.30. The van der Waals surface area contributed by atoms with Gasteiger partial charge in [0.1, 0.15) is 12.6 Å². The van der Waals surface area contributed by atoms with Crippen molar-refractivity contribution < 1.29 is 38.0 Å². The fourth-order valence-corrected chi connectivity index (χ4v) is 4.16. The second-order valence-corrected chi connectivity index (χ2v) is 11.5. The van der Waals surface area contributed by atoms with Gasteiger partial charge in [-0.2, -0.15) is 0 Å². The molecular formula is C28H51NO7P+. The van der Waals surface area contributed by atoms with E-state index in [9.17, 15) is 19.4 Å². The number of hydrogen-bond acceptors (Lipinski definition) is 6. The van der Waals surface area contributed by atoms with Crippen LogP contribution in [-0.2, 0) is 18.4 Å². The maximum atomic E-state index is 12.7. The molecule has 0 rings (SSSR count). The fraction of sp³-hybridized carbons (Fsp3) is 0.679. The number of Topliss-reactive ketones (excluding diaryl/α,β-unsaturated/α-hetero) is 1. The van der Waals surface area contributed by atoms with Crippen LogP contribution in [0.2, 0.25) is 0 Å². The highest BCUT2D eigenvalue weighted by Gasteiger charge is 2.34. The average molecular weight is 547 g/mol. The normalized spacial score (nSPS) is 16.3. The Labute approximate surface area is 224 Å². The predicted molar refractivity (Wildman–Crippen MR) is 150 cm³/mol. The number of nitrogens with zero attached hydrogens (tertiary/aromatic N) is 1. The van der Waals surface area contributed by atoms with E-state index in [2.05, 4.69) is 49.5 Å². The lowest BCUT2D eigenvalue weighted by Gasteiger charge is -2.29. The number of likely N-dealkylation sites (N-methyl/N-ethyl adjacent to an activating group) is 1. The summed E-state index contributed by atoms with van der Waals surface area (Å²) in [5.41, 5.74) is 0. The van der Waals surface area contributed by atoms with Crippen LogP contribution < -0.4 is 0 Å². The van der Waals surface area contributed by atoms with Gasteiger partial charge in [0.15, 0.2) is 11.9 Å². The molecule has 214 valence electrons. The number of phosphoric ester groups is 1. The van der Waals surface area contributed by atoms with E-state index in [1.807, 2.05) is 27.2 Å². The average Bonchev–Trinajstić information content (AvgIpc) is 2.82. The Bertz CT molecular complexity index is 756. The Hall–Kier alpha value is -1.38. The molecule has 0 fully saturated rings. The quantitative estimate of drug-likeness (QED) is 0.0693. The van der Waals surface area contributed by atoms with Crippen molar-refractivity contribution in [2.75, 3.05) is 40.9 Å². The van der Waals surface area contributed by atoms with E-state index in [-0.39, 0.29) is 18.7 Å². The molecule has 2 unspecified atom stereocenters. The van der Waals surface area contributed by atoms with Crippen LogP contribution >= 0.6 is 7.82 Å². The molecule has 0 saturated carbocycles. The van der Waals surface area contributed by atoms with Gasteiger partial charge >= 0.3 is 7.82 Å². The molecule has 0 bridgehead atoms. The number of allylic oxidation sites excluding steroid dienone is 8. The summed E-state index contributed by atoms with van der Waals surface area (Å²) in [6, 6.07) is 0. The monoisotopic (exact) mass is 546 g/mol. The van der Waals surface area contributed by atoms with Crippen LogP contribution in [0.4, 0.5) is 0 Å². The highest BCUT2D eigenvalue weighted by atomic mass is 31.2. The standard InChI is InChI=1S/C28H50NO7P/c1-5-6-7-8-9-10-11-12-13-14-15-16-17-18-19-20-21-22-27(32)28(23-29(2,3)4)36-37(33,34)35-25-26(31)24-30/h9-10,12-13,15-16,18-19,26,28,30-31H,5-8,11,14,17,20-25H2,1-4H3/p+1/b10-9-,13-12-,16-15-,19-18-/t26-,28?/m1/s1/i27+2. The van der Waals surface area contributed by atoms with Gasteiger partial charge in [0.2, 0.25) is 0 Å². The summed E-state index contributed by atoms with van der Waals surface area (Å²) in [7, 11) is 0.980. The second-order valence-electron chi connectivity index (χ2n) is 10.1. The topological polar surface area (TPSA) is 113 Å². The molecule has 0 aromatic heterocycles. The molecule has 8 nitrogen and oxygen atoms in total. The third-order valence-electron chi connectivity index (χ3n) is 5.23. The van der Waals surface area contributed by atoms with E-state index in [0.29, 0.717) is 10.9 Å². The van der Waals surface area contributed by atoms with E-state index in [1.54, 1.807) is 0 Å². The molecule has 0 spiro atoms. The number of rotatable bonds is 23. The van der Waals surface area contributed by atoms with Gasteiger partial charge in [-0.1, -0.05) is 68.4 Å². The molecule has 0 aromatic rings. The highest BCUT2D eigenvalue weighted by Crippen LogP contribution is 2.45. The first kappa shape index (κ1) is 35.6. The van der Waals surface area contributed by atoms with Crippen molar-refractivity contribution in [3.63, 3.8) is 0 Å². The summed E-state index contributed by atoms with van der Waals surface area (Å²) in [5, 5.41) is 18.1. The molecule has 0 aliphatic heterocycles. The Kier molecular flexibility index (Phi) is 20.7. The molecule has 0 saturated heterocycles. The van der Waals surface area contributed by atoms with Crippen LogP contribution in [0.15, 0.2) is 48.6 Å². The van der Waals surface area contributed by atoms with Crippen LogP contribution in [0, 0.1) is 0 Å². The Morgan fingerprint density at radius 3 is 1.89 bits per heavy atom. The number of carbonyl (C=O) groups excluding carboxylic acids is 1. The van der Waals surface area contributed by atoms with E-state index in [0.717, 1.165) is 25.7 Å². The molecule has 37 heavy (non-hydrogen) atoms. The van der Waals surface area contributed by atoms with Crippen molar-refractivity contribution in [3.8, 4) is 0 Å². The third kappa shape index (κ3) is 23.5. The summed E-state index contributed by atoms with van der Waals surface area (Å²) in [6.45, 7) is 1.23. The SMILES string of the molecule is CCCCC/C=C\C/C=C\C/C=C\C/C=C\CCC[14C](=O)C(C[N+](C)(C)C)OP(=O)(O)OC[C@H](O)CO. The molecular weight excluding hydrogens is 495 g/mol. The van der Waals surface area contributed by atoms with Gasteiger partial charge in [-0.15, -0.1) is 0 Å². The smallest absolute Gasteiger partial charge is 0.394 e. The first-order valence-corrected chi connectivity index (χ1v) is 14.9. The molecule has 0 radical (unpaired) electrons. The van der Waals surface area contributed by atoms with Gasteiger partial charge in [-0.3, -0.25) is 13.8 Å². The Morgan fingerprint density at radius 2 is 1.41 bits per heavy atom. The zero-order valence-electron chi connectivity index (χ0n) is 23.3.